The van der Waals surface area contributed by atoms with Crippen LogP contribution in [0.25, 0.3) is 6.08 Å². The van der Waals surface area contributed by atoms with Crippen LogP contribution in [0.4, 0.5) is 0 Å². The zero-order chi connectivity index (χ0) is 26.0. The molecule has 0 radical (unpaired) electrons. The fourth-order valence-electron chi connectivity index (χ4n) is 3.99. The minimum Gasteiger partial charge on any atom is -0.504 e. The summed E-state index contributed by atoms with van der Waals surface area (Å²) < 4.78 is 18.7. The predicted molar refractivity (Wildman–Crippen MR) is 145 cm³/mol. The van der Waals surface area contributed by atoms with E-state index in [9.17, 15) is 14.7 Å². The van der Waals surface area contributed by atoms with Crippen LogP contribution in [-0.4, -0.2) is 36.0 Å². The molecule has 0 amide bonds. The molecule has 2 aromatic carbocycles. The Morgan fingerprint density at radius 1 is 1.22 bits per heavy atom. The van der Waals surface area contributed by atoms with Gasteiger partial charge in [0.15, 0.2) is 16.3 Å². The molecule has 0 saturated heterocycles. The summed E-state index contributed by atoms with van der Waals surface area (Å²) in [5.74, 6) is 0.560. The number of phenolic OH excluding ortho intramolecular Hbond substituents is 1. The van der Waals surface area contributed by atoms with Crippen LogP contribution in [0.1, 0.15) is 37.9 Å². The highest BCUT2D eigenvalue weighted by molar-refractivity contribution is 14.1. The number of carbonyl (C=O) groups is 1. The molecule has 1 aliphatic heterocycles. The number of methoxy groups -OCH3 is 1. The third-order valence-electron chi connectivity index (χ3n) is 5.60. The number of carbonyl (C=O) groups excluding carboxylic acids is 1. The molecule has 0 fully saturated rings. The lowest BCUT2D eigenvalue weighted by atomic mass is 9.96. The van der Waals surface area contributed by atoms with Crippen LogP contribution in [-0.2, 0) is 9.53 Å². The van der Waals surface area contributed by atoms with Gasteiger partial charge in [0, 0.05) is 0 Å². The van der Waals surface area contributed by atoms with Gasteiger partial charge in [-0.3, -0.25) is 9.36 Å². The maximum absolute atomic E-state index is 13.7. The molecule has 2 heterocycles. The number of ether oxygens (including phenoxy) is 3. The average Bonchev–Trinajstić information content (AvgIpc) is 3.15. The van der Waals surface area contributed by atoms with E-state index in [0.29, 0.717) is 47.8 Å². The first kappa shape index (κ1) is 26.0. The molecule has 0 bridgehead atoms. The maximum Gasteiger partial charge on any atom is 0.338 e. The lowest BCUT2D eigenvalue weighted by molar-refractivity contribution is -0.139. The predicted octanol–water partition coefficient (Wildman–Crippen LogP) is 3.52. The van der Waals surface area contributed by atoms with Crippen LogP contribution in [0.3, 0.4) is 0 Å². The Kier molecular flexibility index (Phi) is 7.84. The lowest BCUT2D eigenvalue weighted by Gasteiger charge is -2.24. The quantitative estimate of drug-likeness (QED) is 0.321. The van der Waals surface area contributed by atoms with Crippen molar-refractivity contribution in [2.24, 2.45) is 4.99 Å². The van der Waals surface area contributed by atoms with E-state index >= 15 is 0 Å². The van der Waals surface area contributed by atoms with Crippen LogP contribution >= 0.6 is 33.9 Å². The number of halogens is 1. The second-order valence-corrected chi connectivity index (χ2v) is 10.0. The van der Waals surface area contributed by atoms with Gasteiger partial charge in [-0.2, -0.15) is 0 Å². The van der Waals surface area contributed by atoms with E-state index in [1.165, 1.54) is 15.9 Å². The molecule has 8 nitrogen and oxygen atoms in total. The van der Waals surface area contributed by atoms with Crippen LogP contribution in [0.5, 0.6) is 17.2 Å². The van der Waals surface area contributed by atoms with E-state index in [0.717, 1.165) is 5.56 Å². The van der Waals surface area contributed by atoms with Crippen molar-refractivity contribution in [1.82, 2.24) is 4.57 Å². The first-order valence-electron chi connectivity index (χ1n) is 11.3. The minimum atomic E-state index is -0.702. The highest BCUT2D eigenvalue weighted by Gasteiger charge is 2.33. The Bertz CT molecular complexity index is 1520. The van der Waals surface area contributed by atoms with Gasteiger partial charge in [-0.25, -0.2) is 9.79 Å². The number of hydrogen-bond donors (Lipinski definition) is 1. The number of esters is 1. The van der Waals surface area contributed by atoms with Crippen molar-refractivity contribution >= 4 is 46.0 Å². The zero-order valence-electron chi connectivity index (χ0n) is 20.2. The van der Waals surface area contributed by atoms with E-state index < -0.39 is 12.0 Å². The van der Waals surface area contributed by atoms with Crippen molar-refractivity contribution in [3.63, 3.8) is 0 Å². The van der Waals surface area contributed by atoms with Crippen LogP contribution in [0, 0.1) is 3.57 Å². The SMILES string of the molecule is CCOC(=O)C1=C(C)N=c2s/c(=C/c3cc(I)c(O)c(OCC)c3)c(=O)n2[C@H]1c1ccc(OC)cc1. The monoisotopic (exact) mass is 620 g/mol. The van der Waals surface area contributed by atoms with Gasteiger partial charge in [0.25, 0.3) is 5.56 Å². The van der Waals surface area contributed by atoms with Gasteiger partial charge in [0.1, 0.15) is 5.75 Å². The van der Waals surface area contributed by atoms with Gasteiger partial charge in [0.05, 0.1) is 45.7 Å². The Morgan fingerprint density at radius 2 is 1.94 bits per heavy atom. The van der Waals surface area contributed by atoms with Crippen molar-refractivity contribution in [2.75, 3.05) is 20.3 Å². The van der Waals surface area contributed by atoms with Gasteiger partial charge < -0.3 is 19.3 Å². The third kappa shape index (κ3) is 4.92. The number of hydrogen-bond acceptors (Lipinski definition) is 8. The number of benzene rings is 2. The van der Waals surface area contributed by atoms with Crippen molar-refractivity contribution in [3.8, 4) is 17.2 Å². The summed E-state index contributed by atoms with van der Waals surface area (Å²) in [6, 6.07) is 9.99. The van der Waals surface area contributed by atoms with Crippen LogP contribution in [0.2, 0.25) is 0 Å². The first-order chi connectivity index (χ1) is 17.3. The molecule has 10 heteroatoms. The third-order valence-corrected chi connectivity index (χ3v) is 7.40. The topological polar surface area (TPSA) is 99.4 Å². The summed E-state index contributed by atoms with van der Waals surface area (Å²) in [6.45, 7) is 5.92. The van der Waals surface area contributed by atoms with Crippen molar-refractivity contribution in [1.29, 1.82) is 0 Å². The molecule has 36 heavy (non-hydrogen) atoms. The van der Waals surface area contributed by atoms with Crippen molar-refractivity contribution < 1.29 is 24.1 Å². The number of allylic oxidation sites excluding steroid dienone is 1. The highest BCUT2D eigenvalue weighted by Crippen LogP contribution is 2.33. The summed E-state index contributed by atoms with van der Waals surface area (Å²) in [7, 11) is 1.58. The van der Waals surface area contributed by atoms with Gasteiger partial charge in [-0.15, -0.1) is 0 Å². The van der Waals surface area contributed by atoms with Gasteiger partial charge in [0.2, 0.25) is 0 Å². The van der Waals surface area contributed by atoms with E-state index in [-0.39, 0.29) is 17.9 Å². The molecule has 1 atom stereocenters. The van der Waals surface area contributed by atoms with E-state index in [1.54, 1.807) is 51.3 Å². The number of aromatic nitrogens is 1. The number of thiazole rings is 1. The molecule has 1 aliphatic rings. The minimum absolute atomic E-state index is 0.0604. The molecule has 0 unspecified atom stereocenters. The molecule has 4 rings (SSSR count). The Hall–Kier alpha value is -3.12. The summed E-state index contributed by atoms with van der Waals surface area (Å²) in [5, 5.41) is 10.3. The maximum atomic E-state index is 13.7. The fourth-order valence-corrected chi connectivity index (χ4v) is 5.66. The number of nitrogens with zero attached hydrogens (tertiary/aromatic N) is 2. The van der Waals surface area contributed by atoms with Gasteiger partial charge in [-0.1, -0.05) is 23.5 Å². The van der Waals surface area contributed by atoms with Crippen molar-refractivity contribution in [3.05, 3.63) is 82.1 Å². The average molecular weight is 620 g/mol. The summed E-state index contributed by atoms with van der Waals surface area (Å²) in [5.41, 5.74) is 1.97. The molecule has 3 aromatic rings. The van der Waals surface area contributed by atoms with Crippen LogP contribution < -0.4 is 24.4 Å². The molecule has 188 valence electrons. The number of rotatable bonds is 7. The molecule has 1 N–H and O–H groups in total. The first-order valence-corrected chi connectivity index (χ1v) is 13.2. The highest BCUT2D eigenvalue weighted by atomic mass is 127. The van der Waals surface area contributed by atoms with Gasteiger partial charge >= 0.3 is 5.97 Å². The van der Waals surface area contributed by atoms with Gasteiger partial charge in [-0.05, 0) is 84.8 Å². The lowest BCUT2D eigenvalue weighted by Crippen LogP contribution is -2.39. The summed E-state index contributed by atoms with van der Waals surface area (Å²) >= 11 is 3.26. The van der Waals surface area contributed by atoms with E-state index in [2.05, 4.69) is 4.99 Å². The van der Waals surface area contributed by atoms with E-state index in [4.69, 9.17) is 14.2 Å². The molecule has 0 spiro atoms. The van der Waals surface area contributed by atoms with Crippen molar-refractivity contribution in [2.45, 2.75) is 26.8 Å². The summed E-state index contributed by atoms with van der Waals surface area (Å²) in [6.07, 6.45) is 1.74. The zero-order valence-corrected chi connectivity index (χ0v) is 23.2. The summed E-state index contributed by atoms with van der Waals surface area (Å²) in [4.78, 5) is 31.8. The normalized spacial score (nSPS) is 15.4. The number of fused-ring (bicyclic) bond motifs is 1. The number of aromatic hydroxyl groups is 1. The fraction of sp³-hybridized carbons (Fsp3) is 0.269. The second kappa shape index (κ2) is 10.9. The smallest absolute Gasteiger partial charge is 0.338 e. The molecular weight excluding hydrogens is 595 g/mol. The molecule has 0 aliphatic carbocycles. The Morgan fingerprint density at radius 3 is 2.58 bits per heavy atom. The molecular formula is C26H25IN2O6S. The molecule has 0 saturated carbocycles. The molecule has 1 aromatic heterocycles. The Labute approximate surface area is 225 Å². The Balaban J connectivity index is 1.93. The van der Waals surface area contributed by atoms with E-state index in [1.807, 2.05) is 41.6 Å². The largest absolute Gasteiger partial charge is 0.504 e. The standard InChI is InChI=1S/C26H25IN2O6S/c1-5-34-19-12-15(11-18(27)23(19)30)13-20-24(31)29-22(16-7-9-17(33-4)10-8-16)21(25(32)35-6-2)14(3)28-26(29)36-20/h7-13,22,30H,5-6H2,1-4H3/b20-13+/t22-/m0/s1. The van der Waals surface area contributed by atoms with Crippen LogP contribution in [0.15, 0.2) is 57.5 Å². The number of phenols is 1. The second-order valence-electron chi connectivity index (χ2n) is 7.86.